The third kappa shape index (κ3) is 1.68. The van der Waals surface area contributed by atoms with E-state index in [1.54, 1.807) is 6.20 Å². The molecule has 3 nitrogen and oxygen atoms in total. The Hall–Kier alpha value is -0.640. The molecule has 1 atom stereocenters. The summed E-state index contributed by atoms with van der Waals surface area (Å²) in [5.41, 5.74) is 0. The molecule has 1 aliphatic heterocycles. The highest BCUT2D eigenvalue weighted by atomic mass is 32.2. The van der Waals surface area contributed by atoms with Crippen molar-refractivity contribution in [1.82, 2.24) is 5.32 Å². The second-order valence-electron chi connectivity index (χ2n) is 3.12. The topological polar surface area (TPSA) is 49.3 Å². The lowest BCUT2D eigenvalue weighted by Gasteiger charge is -2.31. The van der Waals surface area contributed by atoms with E-state index in [9.17, 15) is 9.90 Å². The van der Waals surface area contributed by atoms with E-state index in [-0.39, 0.29) is 5.92 Å². The average molecular weight is 201 g/mol. The molecule has 1 heterocycles. The summed E-state index contributed by atoms with van der Waals surface area (Å²) in [5, 5.41) is 13.9. The highest BCUT2D eigenvalue weighted by Gasteiger charge is 2.45. The van der Waals surface area contributed by atoms with E-state index in [4.69, 9.17) is 0 Å². The van der Waals surface area contributed by atoms with Crippen molar-refractivity contribution in [3.63, 3.8) is 0 Å². The Morgan fingerprint density at radius 1 is 1.62 bits per heavy atom. The highest BCUT2D eigenvalue weighted by Crippen LogP contribution is 2.39. The maximum Gasteiger partial charge on any atom is 0.340 e. The van der Waals surface area contributed by atoms with Crippen molar-refractivity contribution >= 4 is 17.7 Å². The molecular formula is C9H15NO2S. The largest absolute Gasteiger partial charge is 0.479 e. The molecule has 0 radical (unpaired) electrons. The van der Waals surface area contributed by atoms with Crippen LogP contribution < -0.4 is 5.32 Å². The summed E-state index contributed by atoms with van der Waals surface area (Å²) in [7, 11) is 0. The summed E-state index contributed by atoms with van der Waals surface area (Å²) >= 11 is 1.36. The molecule has 1 rings (SSSR count). The van der Waals surface area contributed by atoms with Gasteiger partial charge in [0.05, 0.1) is 0 Å². The van der Waals surface area contributed by atoms with Crippen molar-refractivity contribution in [3.8, 4) is 0 Å². The molecule has 0 aromatic rings. The van der Waals surface area contributed by atoms with Crippen LogP contribution in [0.15, 0.2) is 11.6 Å². The quantitative estimate of drug-likeness (QED) is 0.730. The molecule has 0 spiro atoms. The molecule has 0 saturated carbocycles. The van der Waals surface area contributed by atoms with E-state index < -0.39 is 10.8 Å². The first-order chi connectivity index (χ1) is 6.17. The van der Waals surface area contributed by atoms with Gasteiger partial charge in [-0.3, -0.25) is 0 Å². The molecule has 13 heavy (non-hydrogen) atoms. The Morgan fingerprint density at radius 2 is 2.23 bits per heavy atom. The Kier molecular flexibility index (Phi) is 3.25. The number of hydrogen-bond acceptors (Lipinski definition) is 3. The van der Waals surface area contributed by atoms with Crippen LogP contribution in [-0.4, -0.2) is 15.9 Å². The van der Waals surface area contributed by atoms with Crippen LogP contribution in [0.1, 0.15) is 26.7 Å². The molecule has 0 bridgehead atoms. The van der Waals surface area contributed by atoms with Crippen LogP contribution in [-0.2, 0) is 4.79 Å². The van der Waals surface area contributed by atoms with Gasteiger partial charge < -0.3 is 10.4 Å². The van der Waals surface area contributed by atoms with Gasteiger partial charge in [0.15, 0.2) is 4.87 Å². The van der Waals surface area contributed by atoms with E-state index in [2.05, 4.69) is 5.32 Å². The van der Waals surface area contributed by atoms with Gasteiger partial charge in [0, 0.05) is 12.1 Å². The van der Waals surface area contributed by atoms with Gasteiger partial charge in [0.25, 0.3) is 0 Å². The zero-order valence-corrected chi connectivity index (χ0v) is 8.73. The number of nitrogens with one attached hydrogen (secondary N) is 1. The second-order valence-corrected chi connectivity index (χ2v) is 4.27. The van der Waals surface area contributed by atoms with Gasteiger partial charge in [-0.2, -0.15) is 0 Å². The lowest BCUT2D eigenvalue weighted by molar-refractivity contribution is -0.142. The van der Waals surface area contributed by atoms with Gasteiger partial charge in [-0.15, -0.1) is 0 Å². The van der Waals surface area contributed by atoms with Gasteiger partial charge in [-0.25, -0.2) is 4.79 Å². The maximum atomic E-state index is 11.2. The van der Waals surface area contributed by atoms with Crippen LogP contribution in [0.5, 0.6) is 0 Å². The fraction of sp³-hybridized carbons (Fsp3) is 0.667. The van der Waals surface area contributed by atoms with Crippen molar-refractivity contribution in [2.24, 2.45) is 5.92 Å². The maximum absolute atomic E-state index is 11.2. The predicted molar refractivity (Wildman–Crippen MR) is 54.3 cm³/mol. The summed E-state index contributed by atoms with van der Waals surface area (Å²) in [6, 6.07) is 0. The molecule has 1 aliphatic rings. The minimum atomic E-state index is -0.816. The van der Waals surface area contributed by atoms with Crippen molar-refractivity contribution in [1.29, 1.82) is 0 Å². The highest BCUT2D eigenvalue weighted by molar-refractivity contribution is 8.04. The van der Waals surface area contributed by atoms with Crippen molar-refractivity contribution in [2.75, 3.05) is 0 Å². The number of rotatable bonds is 4. The van der Waals surface area contributed by atoms with Crippen LogP contribution in [0.2, 0.25) is 0 Å². The van der Waals surface area contributed by atoms with E-state index >= 15 is 0 Å². The summed E-state index contributed by atoms with van der Waals surface area (Å²) in [6.07, 6.45) is 3.48. The SMILES string of the molecule is CCC(CC)C1(C(=O)O)NC=CS1. The lowest BCUT2D eigenvalue weighted by Crippen LogP contribution is -2.50. The van der Waals surface area contributed by atoms with Crippen LogP contribution in [0.25, 0.3) is 0 Å². The standard InChI is InChI=1S/C9H15NO2S/c1-3-7(4-2)9(8(11)12)10-5-6-13-9/h5-7,10H,3-4H2,1-2H3,(H,11,12). The number of thioether (sulfide) groups is 1. The molecule has 0 saturated heterocycles. The molecule has 0 aromatic carbocycles. The second kappa shape index (κ2) is 4.05. The molecule has 4 heteroatoms. The number of aliphatic carboxylic acids is 1. The smallest absolute Gasteiger partial charge is 0.340 e. The van der Waals surface area contributed by atoms with Crippen LogP contribution in [0.3, 0.4) is 0 Å². The normalized spacial score (nSPS) is 26.4. The lowest BCUT2D eigenvalue weighted by atomic mass is 9.93. The van der Waals surface area contributed by atoms with E-state index in [0.29, 0.717) is 0 Å². The molecule has 1 unspecified atom stereocenters. The molecule has 0 amide bonds. The summed E-state index contributed by atoms with van der Waals surface area (Å²) in [5.74, 6) is -0.596. The minimum Gasteiger partial charge on any atom is -0.479 e. The van der Waals surface area contributed by atoms with Gasteiger partial charge >= 0.3 is 5.97 Å². The Balaban J connectivity index is 2.84. The number of carboxylic acid groups (broad SMARTS) is 1. The molecule has 0 aromatic heterocycles. The number of carbonyl (C=O) groups is 1. The van der Waals surface area contributed by atoms with Gasteiger partial charge in [-0.05, 0) is 18.2 Å². The zero-order chi connectivity index (χ0) is 9.90. The fourth-order valence-electron chi connectivity index (χ4n) is 1.70. The average Bonchev–Trinajstić information content (AvgIpc) is 2.56. The monoisotopic (exact) mass is 201 g/mol. The third-order valence-corrected chi connectivity index (χ3v) is 3.77. The first kappa shape index (κ1) is 10.4. The molecule has 0 fully saturated rings. The summed E-state index contributed by atoms with van der Waals surface area (Å²) in [6.45, 7) is 4.05. The number of hydrogen-bond donors (Lipinski definition) is 2. The third-order valence-electron chi connectivity index (χ3n) is 2.50. The molecular weight excluding hydrogens is 186 g/mol. The Bertz CT molecular complexity index is 216. The van der Waals surface area contributed by atoms with Crippen molar-refractivity contribution in [2.45, 2.75) is 31.6 Å². The zero-order valence-electron chi connectivity index (χ0n) is 7.91. The van der Waals surface area contributed by atoms with Crippen molar-refractivity contribution < 1.29 is 9.90 Å². The van der Waals surface area contributed by atoms with E-state index in [1.165, 1.54) is 11.8 Å². The van der Waals surface area contributed by atoms with Gasteiger partial charge in [-0.1, -0.05) is 25.6 Å². The van der Waals surface area contributed by atoms with Gasteiger partial charge in [0.2, 0.25) is 0 Å². The van der Waals surface area contributed by atoms with E-state index in [0.717, 1.165) is 12.8 Å². The van der Waals surface area contributed by atoms with Crippen molar-refractivity contribution in [3.05, 3.63) is 11.6 Å². The Labute approximate surface area is 82.6 Å². The number of carboxylic acids is 1. The fourth-order valence-corrected chi connectivity index (χ4v) is 2.81. The summed E-state index contributed by atoms with van der Waals surface area (Å²) in [4.78, 5) is 10.3. The predicted octanol–water partition coefficient (Wildman–Crippen LogP) is 2.01. The van der Waals surface area contributed by atoms with E-state index in [1.807, 2.05) is 19.3 Å². The molecule has 74 valence electrons. The molecule has 0 aliphatic carbocycles. The molecule has 2 N–H and O–H groups in total. The van der Waals surface area contributed by atoms with Crippen LogP contribution in [0, 0.1) is 5.92 Å². The van der Waals surface area contributed by atoms with Gasteiger partial charge in [0.1, 0.15) is 0 Å². The summed E-state index contributed by atoms with van der Waals surface area (Å²) < 4.78 is 0. The first-order valence-electron chi connectivity index (χ1n) is 4.51. The minimum absolute atomic E-state index is 0.171. The first-order valence-corrected chi connectivity index (χ1v) is 5.39. The Morgan fingerprint density at radius 3 is 2.54 bits per heavy atom. The van der Waals surface area contributed by atoms with Crippen LogP contribution in [0.4, 0.5) is 0 Å². The van der Waals surface area contributed by atoms with Crippen LogP contribution >= 0.6 is 11.8 Å².